The molecule has 0 bridgehead atoms. The maximum absolute atomic E-state index is 5.65. The molecule has 4 heteroatoms. The highest BCUT2D eigenvalue weighted by Gasteiger charge is 2.38. The zero-order chi connectivity index (χ0) is 15.5. The van der Waals surface area contributed by atoms with Crippen LogP contribution in [0.4, 0.5) is 0 Å². The zero-order valence-electron chi connectivity index (χ0n) is 13.8. The van der Waals surface area contributed by atoms with Gasteiger partial charge >= 0.3 is 0 Å². The van der Waals surface area contributed by atoms with Crippen molar-refractivity contribution in [2.24, 2.45) is 0 Å². The number of aryl methyl sites for hydroxylation is 1. The summed E-state index contributed by atoms with van der Waals surface area (Å²) in [5.41, 5.74) is 2.58. The molecule has 22 heavy (non-hydrogen) atoms. The van der Waals surface area contributed by atoms with Gasteiger partial charge in [-0.15, -0.1) is 0 Å². The van der Waals surface area contributed by atoms with Gasteiger partial charge in [-0.05, 0) is 31.4 Å². The van der Waals surface area contributed by atoms with Gasteiger partial charge in [0.05, 0.1) is 13.7 Å². The van der Waals surface area contributed by atoms with Gasteiger partial charge in [0.1, 0.15) is 11.8 Å². The predicted octanol–water partition coefficient (Wildman–Crippen LogP) is 2.91. The van der Waals surface area contributed by atoms with E-state index in [0.29, 0.717) is 6.04 Å². The largest absolute Gasteiger partial charge is 0.499 e. The number of hydrazine groups is 1. The van der Waals surface area contributed by atoms with Crippen LogP contribution in [0, 0.1) is 6.92 Å². The minimum Gasteiger partial charge on any atom is -0.499 e. The van der Waals surface area contributed by atoms with Crippen molar-refractivity contribution in [2.45, 2.75) is 31.8 Å². The summed E-state index contributed by atoms with van der Waals surface area (Å²) < 4.78 is 11.1. The molecule has 1 aromatic rings. The van der Waals surface area contributed by atoms with Crippen LogP contribution in [0.1, 0.15) is 30.0 Å². The molecule has 2 aliphatic rings. The molecule has 3 rings (SSSR count). The molecule has 0 N–H and O–H groups in total. The highest BCUT2D eigenvalue weighted by molar-refractivity contribution is 5.31. The molecule has 1 saturated heterocycles. The van der Waals surface area contributed by atoms with E-state index in [2.05, 4.69) is 47.3 Å². The third-order valence-electron chi connectivity index (χ3n) is 4.71. The number of hydrogen-bond donors (Lipinski definition) is 0. The SMILES string of the molecule is COC[C@@H]1CCCN1N1CC=C(OC)[C@@H]1c1ccc(C)cc1. The maximum atomic E-state index is 5.65. The standard InChI is InChI=1S/C18H26N2O2/c1-14-6-8-15(9-7-14)18-17(22-3)10-12-20(18)19-11-4-5-16(19)13-21-2/h6-10,16,18H,4-5,11-13H2,1-3H3/t16-,18-/m0/s1. The molecule has 1 aromatic carbocycles. The van der Waals surface area contributed by atoms with Crippen LogP contribution in [0.3, 0.4) is 0 Å². The molecule has 0 radical (unpaired) electrons. The summed E-state index contributed by atoms with van der Waals surface area (Å²) >= 11 is 0. The summed E-state index contributed by atoms with van der Waals surface area (Å²) in [6.07, 6.45) is 4.63. The highest BCUT2D eigenvalue weighted by Crippen LogP contribution is 2.37. The zero-order valence-corrected chi connectivity index (χ0v) is 13.8. The van der Waals surface area contributed by atoms with Crippen LogP contribution in [0.5, 0.6) is 0 Å². The highest BCUT2D eigenvalue weighted by atomic mass is 16.5. The van der Waals surface area contributed by atoms with Gasteiger partial charge in [-0.2, -0.15) is 0 Å². The van der Waals surface area contributed by atoms with E-state index in [1.54, 1.807) is 14.2 Å². The Morgan fingerprint density at radius 2 is 1.91 bits per heavy atom. The average Bonchev–Trinajstić information content (AvgIpc) is 3.14. The Bertz CT molecular complexity index is 526. The van der Waals surface area contributed by atoms with Crippen molar-refractivity contribution < 1.29 is 9.47 Å². The Hall–Kier alpha value is -1.36. The summed E-state index contributed by atoms with van der Waals surface area (Å²) in [4.78, 5) is 0. The van der Waals surface area contributed by atoms with E-state index in [1.807, 2.05) is 0 Å². The second-order valence-electron chi connectivity index (χ2n) is 6.16. The van der Waals surface area contributed by atoms with Crippen LogP contribution in [0.25, 0.3) is 0 Å². The van der Waals surface area contributed by atoms with Gasteiger partial charge in [0, 0.05) is 26.2 Å². The Labute approximate surface area is 133 Å². The summed E-state index contributed by atoms with van der Waals surface area (Å²) in [6.45, 7) is 4.92. The van der Waals surface area contributed by atoms with Gasteiger partial charge in [0.2, 0.25) is 0 Å². The molecular formula is C18H26N2O2. The van der Waals surface area contributed by atoms with Gasteiger partial charge in [0.15, 0.2) is 0 Å². The lowest BCUT2D eigenvalue weighted by Gasteiger charge is -2.38. The van der Waals surface area contributed by atoms with E-state index in [9.17, 15) is 0 Å². The molecule has 120 valence electrons. The van der Waals surface area contributed by atoms with Gasteiger partial charge in [-0.25, -0.2) is 10.0 Å². The van der Waals surface area contributed by atoms with Crippen molar-refractivity contribution in [2.75, 3.05) is 33.9 Å². The Morgan fingerprint density at radius 1 is 1.14 bits per heavy atom. The molecule has 2 aliphatic heterocycles. The van der Waals surface area contributed by atoms with Gasteiger partial charge < -0.3 is 9.47 Å². The number of nitrogens with zero attached hydrogens (tertiary/aromatic N) is 2. The molecule has 2 atom stereocenters. The topological polar surface area (TPSA) is 24.9 Å². The first-order chi connectivity index (χ1) is 10.7. The van der Waals surface area contributed by atoms with Crippen molar-refractivity contribution in [1.29, 1.82) is 0 Å². The molecule has 0 aliphatic carbocycles. The van der Waals surface area contributed by atoms with Crippen molar-refractivity contribution in [3.8, 4) is 0 Å². The van der Waals surface area contributed by atoms with Gasteiger partial charge in [-0.3, -0.25) is 0 Å². The molecule has 0 unspecified atom stereocenters. The van der Waals surface area contributed by atoms with Gasteiger partial charge in [0.25, 0.3) is 0 Å². The summed E-state index contributed by atoms with van der Waals surface area (Å²) in [5.74, 6) is 1.05. The first-order valence-corrected chi connectivity index (χ1v) is 8.07. The molecule has 0 aromatic heterocycles. The number of rotatable bonds is 5. The second kappa shape index (κ2) is 6.82. The van der Waals surface area contributed by atoms with Crippen LogP contribution < -0.4 is 0 Å². The maximum Gasteiger partial charge on any atom is 0.116 e. The second-order valence-corrected chi connectivity index (χ2v) is 6.16. The lowest BCUT2D eigenvalue weighted by Crippen LogP contribution is -2.47. The lowest BCUT2D eigenvalue weighted by molar-refractivity contribution is -0.0692. The van der Waals surface area contributed by atoms with E-state index in [1.165, 1.54) is 24.0 Å². The molecule has 0 amide bonds. The van der Waals surface area contributed by atoms with Crippen LogP contribution in [0.2, 0.25) is 0 Å². The lowest BCUT2D eigenvalue weighted by atomic mass is 10.0. The van der Waals surface area contributed by atoms with Crippen LogP contribution in [-0.4, -0.2) is 50.0 Å². The number of benzene rings is 1. The van der Waals surface area contributed by atoms with Crippen molar-refractivity contribution in [3.05, 3.63) is 47.2 Å². The first-order valence-electron chi connectivity index (χ1n) is 8.07. The quantitative estimate of drug-likeness (QED) is 0.835. The molecule has 1 fully saturated rings. The van der Waals surface area contributed by atoms with E-state index in [0.717, 1.165) is 25.5 Å². The minimum atomic E-state index is 0.183. The van der Waals surface area contributed by atoms with E-state index in [-0.39, 0.29) is 6.04 Å². The van der Waals surface area contributed by atoms with E-state index < -0.39 is 0 Å². The van der Waals surface area contributed by atoms with Crippen LogP contribution >= 0.6 is 0 Å². The first kappa shape index (κ1) is 15.5. The van der Waals surface area contributed by atoms with E-state index in [4.69, 9.17) is 9.47 Å². The normalized spacial score (nSPS) is 26.4. The summed E-state index contributed by atoms with van der Waals surface area (Å²) in [7, 11) is 3.56. The van der Waals surface area contributed by atoms with Crippen molar-refractivity contribution >= 4 is 0 Å². The molecule has 4 nitrogen and oxygen atoms in total. The third kappa shape index (κ3) is 2.91. The molecule has 0 saturated carbocycles. The summed E-state index contributed by atoms with van der Waals surface area (Å²) in [5, 5.41) is 4.93. The Balaban J connectivity index is 1.85. The fraction of sp³-hybridized carbons (Fsp3) is 0.556. The Kier molecular flexibility index (Phi) is 4.81. The summed E-state index contributed by atoms with van der Waals surface area (Å²) in [6, 6.07) is 9.44. The van der Waals surface area contributed by atoms with Crippen LogP contribution in [0.15, 0.2) is 36.1 Å². The molecule has 2 heterocycles. The smallest absolute Gasteiger partial charge is 0.116 e. The van der Waals surface area contributed by atoms with Gasteiger partial charge in [-0.1, -0.05) is 29.8 Å². The minimum absolute atomic E-state index is 0.183. The van der Waals surface area contributed by atoms with Crippen molar-refractivity contribution in [3.63, 3.8) is 0 Å². The van der Waals surface area contributed by atoms with Crippen molar-refractivity contribution in [1.82, 2.24) is 10.0 Å². The fourth-order valence-electron chi connectivity index (χ4n) is 3.60. The monoisotopic (exact) mass is 302 g/mol. The number of methoxy groups -OCH3 is 2. The average molecular weight is 302 g/mol. The number of ether oxygens (including phenoxy) is 2. The van der Waals surface area contributed by atoms with Crippen LogP contribution in [-0.2, 0) is 9.47 Å². The number of hydrogen-bond acceptors (Lipinski definition) is 4. The molecular weight excluding hydrogens is 276 g/mol. The molecule has 0 spiro atoms. The fourth-order valence-corrected chi connectivity index (χ4v) is 3.60. The van der Waals surface area contributed by atoms with E-state index >= 15 is 0 Å². The third-order valence-corrected chi connectivity index (χ3v) is 4.71. The Morgan fingerprint density at radius 3 is 2.59 bits per heavy atom. The predicted molar refractivity (Wildman–Crippen MR) is 87.3 cm³/mol.